The van der Waals surface area contributed by atoms with Gasteiger partial charge in [0.25, 0.3) is 0 Å². The zero-order chi connectivity index (χ0) is 11.1. The molecule has 15 heavy (non-hydrogen) atoms. The quantitative estimate of drug-likeness (QED) is 0.640. The van der Waals surface area contributed by atoms with E-state index in [1.807, 2.05) is 0 Å². The van der Waals surface area contributed by atoms with Crippen LogP contribution in [0.3, 0.4) is 0 Å². The molecule has 0 unspecified atom stereocenters. The van der Waals surface area contributed by atoms with Crippen molar-refractivity contribution >= 4 is 12.9 Å². The summed E-state index contributed by atoms with van der Waals surface area (Å²) in [5, 5.41) is 0. The molecule has 0 aliphatic heterocycles. The molecule has 0 fully saturated rings. The molecule has 0 aliphatic carbocycles. The number of aryl methyl sites for hydroxylation is 1. The number of hydrogen-bond acceptors (Lipinski definition) is 1. The monoisotopic (exact) mass is 203 g/mol. The van der Waals surface area contributed by atoms with Gasteiger partial charge >= 0.3 is 0 Å². The Bertz CT molecular complexity index is 280. The van der Waals surface area contributed by atoms with E-state index in [0.717, 1.165) is 7.41 Å². The summed E-state index contributed by atoms with van der Waals surface area (Å²) >= 11 is 0. The smallest absolute Gasteiger partial charge is 0.238 e. The molecule has 0 aromatic heterocycles. The van der Waals surface area contributed by atoms with Gasteiger partial charge in [-0.15, -0.1) is 0 Å². The molecule has 0 saturated carbocycles. The average Bonchev–Trinajstić information content (AvgIpc) is 2.18. The van der Waals surface area contributed by atoms with Crippen LogP contribution in [0.15, 0.2) is 24.3 Å². The number of nitrogens with zero attached hydrogens (tertiary/aromatic N) is 1. The Labute approximate surface area is 94.8 Å². The van der Waals surface area contributed by atoms with Crippen molar-refractivity contribution in [1.29, 1.82) is 0 Å². The molecular weight excluding hydrogens is 181 g/mol. The van der Waals surface area contributed by atoms with Crippen molar-refractivity contribution in [2.75, 3.05) is 13.1 Å². The molecular formula is C13H22BN. The molecule has 0 N–H and O–H groups in total. The molecule has 0 aliphatic rings. The molecule has 2 heteroatoms. The summed E-state index contributed by atoms with van der Waals surface area (Å²) in [4.78, 5) is 2.54. The van der Waals surface area contributed by atoms with Crippen LogP contribution in [0.4, 0.5) is 0 Å². The van der Waals surface area contributed by atoms with Gasteiger partial charge in [0, 0.05) is 0 Å². The summed E-state index contributed by atoms with van der Waals surface area (Å²) in [5.41, 5.74) is 2.80. The van der Waals surface area contributed by atoms with Crippen LogP contribution in [0, 0.1) is 6.92 Å². The van der Waals surface area contributed by atoms with Gasteiger partial charge in [0.15, 0.2) is 0 Å². The Morgan fingerprint density at radius 1 is 1.13 bits per heavy atom. The number of benzene rings is 1. The molecule has 0 radical (unpaired) electrons. The van der Waals surface area contributed by atoms with E-state index < -0.39 is 0 Å². The van der Waals surface area contributed by atoms with Crippen molar-refractivity contribution < 1.29 is 0 Å². The Morgan fingerprint density at radius 3 is 2.33 bits per heavy atom. The first-order valence-electron chi connectivity index (χ1n) is 6.04. The van der Waals surface area contributed by atoms with Crippen LogP contribution in [0.1, 0.15) is 32.3 Å². The van der Waals surface area contributed by atoms with Crippen LogP contribution in [0.2, 0.25) is 0 Å². The molecule has 1 aromatic carbocycles. The maximum absolute atomic E-state index is 2.54. The van der Waals surface area contributed by atoms with E-state index in [4.69, 9.17) is 0 Å². The van der Waals surface area contributed by atoms with Crippen LogP contribution in [0.5, 0.6) is 0 Å². The molecule has 0 heterocycles. The van der Waals surface area contributed by atoms with Crippen LogP contribution in [-0.4, -0.2) is 25.3 Å². The minimum atomic E-state index is 1.10. The van der Waals surface area contributed by atoms with Gasteiger partial charge in [-0.05, 0) is 32.9 Å². The highest BCUT2D eigenvalue weighted by Crippen LogP contribution is 1.96. The molecule has 82 valence electrons. The van der Waals surface area contributed by atoms with E-state index in [2.05, 4.69) is 49.8 Å². The second kappa shape index (κ2) is 6.68. The molecule has 0 spiro atoms. The lowest BCUT2D eigenvalue weighted by atomic mass is 9.79. The highest BCUT2D eigenvalue weighted by molar-refractivity contribution is 6.50. The normalized spacial score (nSPS) is 10.7. The van der Waals surface area contributed by atoms with Crippen molar-refractivity contribution in [1.82, 2.24) is 4.81 Å². The van der Waals surface area contributed by atoms with E-state index in [0.29, 0.717) is 0 Å². The maximum atomic E-state index is 2.54. The van der Waals surface area contributed by atoms with Crippen molar-refractivity contribution in [3.63, 3.8) is 0 Å². The topological polar surface area (TPSA) is 3.24 Å². The Hall–Kier alpha value is -0.755. The van der Waals surface area contributed by atoms with Gasteiger partial charge in [-0.3, -0.25) is 0 Å². The SMILES string of the molecule is CCCN(Bc1cccc(C)c1)CCC. The number of hydrogen-bond donors (Lipinski definition) is 0. The lowest BCUT2D eigenvalue weighted by Crippen LogP contribution is -2.37. The average molecular weight is 203 g/mol. The van der Waals surface area contributed by atoms with Crippen LogP contribution in [0.25, 0.3) is 0 Å². The first-order chi connectivity index (χ1) is 7.26. The van der Waals surface area contributed by atoms with Gasteiger partial charge in [0.1, 0.15) is 0 Å². The third-order valence-electron chi connectivity index (χ3n) is 2.57. The van der Waals surface area contributed by atoms with E-state index in [1.54, 1.807) is 0 Å². The molecule has 1 nitrogen and oxygen atoms in total. The van der Waals surface area contributed by atoms with Gasteiger partial charge in [0.05, 0.1) is 0 Å². The minimum Gasteiger partial charge on any atom is -0.341 e. The largest absolute Gasteiger partial charge is 0.341 e. The lowest BCUT2D eigenvalue weighted by molar-refractivity contribution is 0.445. The van der Waals surface area contributed by atoms with Gasteiger partial charge in [-0.2, -0.15) is 0 Å². The predicted octanol–water partition coefficient (Wildman–Crippen LogP) is 2.09. The highest BCUT2D eigenvalue weighted by atomic mass is 15.0. The van der Waals surface area contributed by atoms with Crippen molar-refractivity contribution in [3.05, 3.63) is 29.8 Å². The van der Waals surface area contributed by atoms with E-state index in [9.17, 15) is 0 Å². The third-order valence-corrected chi connectivity index (χ3v) is 2.57. The fourth-order valence-electron chi connectivity index (χ4n) is 1.97. The van der Waals surface area contributed by atoms with Gasteiger partial charge in [0.2, 0.25) is 7.41 Å². The Morgan fingerprint density at radius 2 is 1.80 bits per heavy atom. The zero-order valence-corrected chi connectivity index (χ0v) is 10.3. The maximum Gasteiger partial charge on any atom is 0.238 e. The first-order valence-corrected chi connectivity index (χ1v) is 6.04. The van der Waals surface area contributed by atoms with Crippen LogP contribution >= 0.6 is 0 Å². The summed E-state index contributed by atoms with van der Waals surface area (Å²) in [6.45, 7) is 9.08. The Balaban J connectivity index is 2.56. The van der Waals surface area contributed by atoms with Gasteiger partial charge in [-0.25, -0.2) is 0 Å². The van der Waals surface area contributed by atoms with Crippen LogP contribution in [-0.2, 0) is 0 Å². The molecule has 0 atom stereocenters. The van der Waals surface area contributed by atoms with E-state index >= 15 is 0 Å². The van der Waals surface area contributed by atoms with Crippen molar-refractivity contribution in [2.24, 2.45) is 0 Å². The van der Waals surface area contributed by atoms with Gasteiger partial charge in [-0.1, -0.05) is 49.1 Å². The summed E-state index contributed by atoms with van der Waals surface area (Å²) in [5.74, 6) is 0. The molecule has 1 aromatic rings. The summed E-state index contributed by atoms with van der Waals surface area (Å²) in [6.07, 6.45) is 2.48. The fraction of sp³-hybridized carbons (Fsp3) is 0.538. The predicted molar refractivity (Wildman–Crippen MR) is 70.1 cm³/mol. The summed E-state index contributed by atoms with van der Waals surface area (Å²) in [6, 6.07) is 8.83. The van der Waals surface area contributed by atoms with Gasteiger partial charge < -0.3 is 4.81 Å². The second-order valence-corrected chi connectivity index (χ2v) is 4.27. The van der Waals surface area contributed by atoms with Crippen molar-refractivity contribution in [3.8, 4) is 0 Å². The molecule has 0 bridgehead atoms. The van der Waals surface area contributed by atoms with Crippen molar-refractivity contribution in [2.45, 2.75) is 33.6 Å². The second-order valence-electron chi connectivity index (χ2n) is 4.27. The van der Waals surface area contributed by atoms with E-state index in [-0.39, 0.29) is 0 Å². The minimum absolute atomic E-state index is 1.10. The Kier molecular flexibility index (Phi) is 5.48. The summed E-state index contributed by atoms with van der Waals surface area (Å²) in [7, 11) is 1.10. The standard InChI is InChI=1S/C13H22BN/c1-4-9-15(10-5-2)14-13-8-6-7-12(3)11-13/h6-8,11,14H,4-5,9-10H2,1-3H3. The van der Waals surface area contributed by atoms with Crippen LogP contribution < -0.4 is 5.46 Å². The molecule has 0 amide bonds. The zero-order valence-electron chi connectivity index (χ0n) is 10.3. The third kappa shape index (κ3) is 4.52. The first kappa shape index (κ1) is 12.3. The molecule has 0 saturated heterocycles. The molecule has 1 rings (SSSR count). The summed E-state index contributed by atoms with van der Waals surface area (Å²) < 4.78 is 0. The highest BCUT2D eigenvalue weighted by Gasteiger charge is 2.05. The fourth-order valence-corrected chi connectivity index (χ4v) is 1.97. The number of rotatable bonds is 6. The lowest BCUT2D eigenvalue weighted by Gasteiger charge is -2.20. The van der Waals surface area contributed by atoms with E-state index in [1.165, 1.54) is 37.0 Å².